The third-order valence-electron chi connectivity index (χ3n) is 2.81. The smallest absolute Gasteiger partial charge is 0.311 e. The summed E-state index contributed by atoms with van der Waals surface area (Å²) < 4.78 is 22.0. The summed E-state index contributed by atoms with van der Waals surface area (Å²) >= 11 is 0. The molecule has 0 saturated heterocycles. The fourth-order valence-electron chi connectivity index (χ4n) is 1.44. The van der Waals surface area contributed by atoms with Crippen LogP contribution in [0.3, 0.4) is 0 Å². The maximum absolute atomic E-state index is 11.1. The second-order valence-corrected chi connectivity index (χ2v) is 6.46. The standard InChI is InChI=1S/C9H19NO4S/c1-7(2)9(6-10,8(11)12)4-5-15(3,13)14/h7H,4-6,10H2,1-3H3,(H,11,12). The normalized spacial score (nSPS) is 16.3. The molecule has 0 radical (unpaired) electrons. The average Bonchev–Trinajstić information content (AvgIpc) is 2.02. The molecule has 90 valence electrons. The molecule has 5 nitrogen and oxygen atoms in total. The van der Waals surface area contributed by atoms with Crippen LogP contribution in [-0.2, 0) is 14.6 Å². The van der Waals surface area contributed by atoms with E-state index in [1.165, 1.54) is 0 Å². The number of hydrogen-bond acceptors (Lipinski definition) is 4. The molecule has 0 bridgehead atoms. The molecule has 0 aliphatic carbocycles. The third kappa shape index (κ3) is 3.79. The fourth-order valence-corrected chi connectivity index (χ4v) is 2.17. The minimum absolute atomic E-state index is 0.0461. The Hall–Kier alpha value is -0.620. The van der Waals surface area contributed by atoms with Gasteiger partial charge in [0.2, 0.25) is 0 Å². The van der Waals surface area contributed by atoms with Gasteiger partial charge in [-0.05, 0) is 12.3 Å². The molecular formula is C9H19NO4S. The lowest BCUT2D eigenvalue weighted by molar-refractivity contribution is -0.151. The first kappa shape index (κ1) is 14.4. The number of nitrogens with two attached hydrogens (primary N) is 1. The Bertz CT molecular complexity index is 323. The largest absolute Gasteiger partial charge is 0.481 e. The van der Waals surface area contributed by atoms with Crippen molar-refractivity contribution in [1.82, 2.24) is 0 Å². The first-order valence-corrected chi connectivity index (χ1v) is 6.83. The van der Waals surface area contributed by atoms with E-state index >= 15 is 0 Å². The van der Waals surface area contributed by atoms with E-state index in [0.29, 0.717) is 0 Å². The van der Waals surface area contributed by atoms with Gasteiger partial charge in [-0.1, -0.05) is 13.8 Å². The number of sulfone groups is 1. The molecule has 1 unspecified atom stereocenters. The molecule has 0 heterocycles. The molecule has 0 fully saturated rings. The predicted octanol–water partition coefficient (Wildman–Crippen LogP) is 0.107. The summed E-state index contributed by atoms with van der Waals surface area (Å²) in [6.45, 7) is 3.43. The van der Waals surface area contributed by atoms with Crippen LogP contribution in [0.1, 0.15) is 20.3 Å². The van der Waals surface area contributed by atoms with Gasteiger partial charge >= 0.3 is 5.97 Å². The second-order valence-electron chi connectivity index (χ2n) is 4.20. The molecule has 0 saturated carbocycles. The Morgan fingerprint density at radius 3 is 2.13 bits per heavy atom. The highest BCUT2D eigenvalue weighted by Gasteiger charge is 2.40. The van der Waals surface area contributed by atoms with Gasteiger partial charge in [0, 0.05) is 12.8 Å². The van der Waals surface area contributed by atoms with Crippen LogP contribution in [0.2, 0.25) is 0 Å². The van der Waals surface area contributed by atoms with Gasteiger partial charge in [0.15, 0.2) is 0 Å². The van der Waals surface area contributed by atoms with Crippen LogP contribution >= 0.6 is 0 Å². The van der Waals surface area contributed by atoms with Crippen LogP contribution in [0.4, 0.5) is 0 Å². The van der Waals surface area contributed by atoms with Crippen molar-refractivity contribution in [3.05, 3.63) is 0 Å². The SMILES string of the molecule is CC(C)C(CN)(CCS(C)(=O)=O)C(=O)O. The molecule has 0 aliphatic rings. The number of rotatable bonds is 6. The molecular weight excluding hydrogens is 218 g/mol. The van der Waals surface area contributed by atoms with Crippen LogP contribution in [-0.4, -0.2) is 38.0 Å². The summed E-state index contributed by atoms with van der Waals surface area (Å²) in [4.78, 5) is 11.1. The lowest BCUT2D eigenvalue weighted by atomic mass is 9.75. The van der Waals surface area contributed by atoms with Gasteiger partial charge in [0.05, 0.1) is 11.2 Å². The van der Waals surface area contributed by atoms with Crippen molar-refractivity contribution < 1.29 is 18.3 Å². The van der Waals surface area contributed by atoms with Crippen LogP contribution in [0.25, 0.3) is 0 Å². The summed E-state index contributed by atoms with van der Waals surface area (Å²) in [6.07, 6.45) is 1.16. The monoisotopic (exact) mass is 237 g/mol. The lowest BCUT2D eigenvalue weighted by Crippen LogP contribution is -2.44. The van der Waals surface area contributed by atoms with Gasteiger partial charge < -0.3 is 10.8 Å². The fraction of sp³-hybridized carbons (Fsp3) is 0.889. The van der Waals surface area contributed by atoms with Crippen LogP contribution in [0, 0.1) is 11.3 Å². The molecule has 0 aliphatic heterocycles. The van der Waals surface area contributed by atoms with Crippen molar-refractivity contribution in [1.29, 1.82) is 0 Å². The number of aliphatic carboxylic acids is 1. The number of carbonyl (C=O) groups is 1. The van der Waals surface area contributed by atoms with Gasteiger partial charge in [-0.3, -0.25) is 4.79 Å². The Balaban J connectivity index is 4.88. The highest BCUT2D eigenvalue weighted by Crippen LogP contribution is 2.31. The Morgan fingerprint density at radius 1 is 1.47 bits per heavy atom. The molecule has 1 atom stereocenters. The van der Waals surface area contributed by atoms with E-state index in [1.807, 2.05) is 0 Å². The molecule has 0 aromatic carbocycles. The highest BCUT2D eigenvalue weighted by atomic mass is 32.2. The lowest BCUT2D eigenvalue weighted by Gasteiger charge is -2.31. The van der Waals surface area contributed by atoms with E-state index in [2.05, 4.69) is 0 Å². The van der Waals surface area contributed by atoms with Crippen LogP contribution < -0.4 is 5.73 Å². The third-order valence-corrected chi connectivity index (χ3v) is 3.76. The summed E-state index contributed by atoms with van der Waals surface area (Å²) in [7, 11) is -3.15. The minimum atomic E-state index is -3.15. The maximum Gasteiger partial charge on any atom is 0.311 e. The average molecular weight is 237 g/mol. The van der Waals surface area contributed by atoms with Crippen molar-refractivity contribution in [3.8, 4) is 0 Å². The molecule has 3 N–H and O–H groups in total. The zero-order valence-corrected chi connectivity index (χ0v) is 10.2. The van der Waals surface area contributed by atoms with Gasteiger partial charge in [-0.25, -0.2) is 8.42 Å². The van der Waals surface area contributed by atoms with E-state index < -0.39 is 21.2 Å². The molecule has 6 heteroatoms. The molecule has 0 aromatic heterocycles. The maximum atomic E-state index is 11.1. The van der Waals surface area contributed by atoms with Crippen LogP contribution in [0.5, 0.6) is 0 Å². The Morgan fingerprint density at radius 2 is 1.93 bits per heavy atom. The molecule has 0 amide bonds. The zero-order valence-electron chi connectivity index (χ0n) is 9.36. The van der Waals surface area contributed by atoms with E-state index in [-0.39, 0.29) is 24.6 Å². The Kier molecular flexibility index (Phi) is 4.73. The predicted molar refractivity (Wildman–Crippen MR) is 58.3 cm³/mol. The van der Waals surface area contributed by atoms with Gasteiger partial charge in [-0.15, -0.1) is 0 Å². The molecule has 0 spiro atoms. The van der Waals surface area contributed by atoms with Crippen LogP contribution in [0.15, 0.2) is 0 Å². The van der Waals surface area contributed by atoms with Crippen molar-refractivity contribution >= 4 is 15.8 Å². The summed E-state index contributed by atoms with van der Waals surface area (Å²) in [5, 5.41) is 9.12. The van der Waals surface area contributed by atoms with E-state index in [1.54, 1.807) is 13.8 Å². The summed E-state index contributed by atoms with van der Waals surface area (Å²) in [6, 6.07) is 0. The van der Waals surface area contributed by atoms with Crippen molar-refractivity contribution in [3.63, 3.8) is 0 Å². The summed E-state index contributed by atoms with van der Waals surface area (Å²) in [5.74, 6) is -1.36. The topological polar surface area (TPSA) is 97.5 Å². The number of carboxylic acids is 1. The second kappa shape index (κ2) is 4.94. The van der Waals surface area contributed by atoms with Gasteiger partial charge in [0.1, 0.15) is 9.84 Å². The highest BCUT2D eigenvalue weighted by molar-refractivity contribution is 7.90. The Labute approximate surface area is 90.6 Å². The van der Waals surface area contributed by atoms with Crippen molar-refractivity contribution in [2.75, 3.05) is 18.6 Å². The first-order valence-electron chi connectivity index (χ1n) is 4.77. The van der Waals surface area contributed by atoms with Crippen molar-refractivity contribution in [2.45, 2.75) is 20.3 Å². The molecule has 15 heavy (non-hydrogen) atoms. The number of hydrogen-bond donors (Lipinski definition) is 2. The quantitative estimate of drug-likeness (QED) is 0.683. The van der Waals surface area contributed by atoms with Gasteiger partial charge in [-0.2, -0.15) is 0 Å². The van der Waals surface area contributed by atoms with Crippen molar-refractivity contribution in [2.24, 2.45) is 17.1 Å². The summed E-state index contributed by atoms with van der Waals surface area (Å²) in [5.41, 5.74) is 4.33. The zero-order chi connectivity index (χ0) is 12.3. The van der Waals surface area contributed by atoms with Gasteiger partial charge in [0.25, 0.3) is 0 Å². The van der Waals surface area contributed by atoms with E-state index in [4.69, 9.17) is 10.8 Å². The molecule has 0 rings (SSSR count). The van der Waals surface area contributed by atoms with E-state index in [0.717, 1.165) is 6.26 Å². The first-order chi connectivity index (χ1) is 6.65. The minimum Gasteiger partial charge on any atom is -0.481 e. The molecule has 0 aromatic rings. The number of carboxylic acid groups (broad SMARTS) is 1. The van der Waals surface area contributed by atoms with E-state index in [9.17, 15) is 13.2 Å².